The van der Waals surface area contributed by atoms with E-state index in [4.69, 9.17) is 14.0 Å². The van der Waals surface area contributed by atoms with Crippen LogP contribution in [0.3, 0.4) is 0 Å². The topological polar surface area (TPSA) is 81.0 Å². The number of fused-ring (bicyclic) bond motifs is 1. The zero-order valence-electron chi connectivity index (χ0n) is 13.8. The fourth-order valence-electron chi connectivity index (χ4n) is 1.95. The summed E-state index contributed by atoms with van der Waals surface area (Å²) in [7, 11) is 2.81. The first-order chi connectivity index (χ1) is 10.7. The van der Waals surface area contributed by atoms with Gasteiger partial charge in [-0.2, -0.15) is 0 Å². The van der Waals surface area contributed by atoms with Crippen LogP contribution in [0.4, 0.5) is 10.5 Å². The van der Waals surface area contributed by atoms with Crippen LogP contribution in [0.2, 0.25) is 0 Å². The second-order valence-corrected chi connectivity index (χ2v) is 5.91. The second kappa shape index (κ2) is 6.29. The van der Waals surface area contributed by atoms with E-state index >= 15 is 0 Å². The Kier molecular flexibility index (Phi) is 4.60. The predicted octanol–water partition coefficient (Wildman–Crippen LogP) is 3.41. The summed E-state index contributed by atoms with van der Waals surface area (Å²) in [5.74, 6) is -0.545. The number of hydroxylamine groups is 2. The summed E-state index contributed by atoms with van der Waals surface area (Å²) >= 11 is 0. The molecule has 0 aliphatic heterocycles. The number of carbonyl (C=O) groups excluding carboxylic acids is 2. The highest BCUT2D eigenvalue weighted by Gasteiger charge is 2.26. The minimum absolute atomic E-state index is 0.0265. The number of anilines is 1. The van der Waals surface area contributed by atoms with Crippen molar-refractivity contribution in [1.29, 1.82) is 0 Å². The van der Waals surface area contributed by atoms with E-state index < -0.39 is 17.6 Å². The predicted molar refractivity (Wildman–Crippen MR) is 85.2 cm³/mol. The van der Waals surface area contributed by atoms with Crippen molar-refractivity contribution in [3.8, 4) is 0 Å². The van der Waals surface area contributed by atoms with E-state index in [0.717, 1.165) is 5.06 Å². The minimum Gasteiger partial charge on any atom is -0.449 e. The first-order valence-electron chi connectivity index (χ1n) is 7.06. The lowest BCUT2D eigenvalue weighted by Gasteiger charge is -2.20. The van der Waals surface area contributed by atoms with Crippen molar-refractivity contribution in [3.63, 3.8) is 0 Å². The fraction of sp³-hybridized carbons (Fsp3) is 0.375. The van der Waals surface area contributed by atoms with Crippen molar-refractivity contribution >= 4 is 28.7 Å². The van der Waals surface area contributed by atoms with Gasteiger partial charge in [0.05, 0.1) is 7.11 Å². The molecular formula is C16H20N2O5. The molecule has 7 nitrogen and oxygen atoms in total. The van der Waals surface area contributed by atoms with Gasteiger partial charge in [-0.25, -0.2) is 9.86 Å². The number of ether oxygens (including phenoxy) is 1. The number of nitrogens with one attached hydrogen (secondary N) is 1. The van der Waals surface area contributed by atoms with Gasteiger partial charge in [0.2, 0.25) is 5.76 Å². The zero-order chi connectivity index (χ0) is 17.2. The average molecular weight is 320 g/mol. The molecule has 2 aromatic rings. The molecule has 1 aromatic carbocycles. The minimum atomic E-state index is -0.668. The molecule has 1 heterocycles. The molecule has 7 heteroatoms. The number of hydrogen-bond donors (Lipinski definition) is 1. The quantitative estimate of drug-likeness (QED) is 0.876. The molecule has 0 unspecified atom stereocenters. The first-order valence-corrected chi connectivity index (χ1v) is 7.06. The molecule has 0 bridgehead atoms. The summed E-state index contributed by atoms with van der Waals surface area (Å²) in [6, 6.07) is 7.01. The van der Waals surface area contributed by atoms with E-state index in [1.807, 2.05) is 0 Å². The Morgan fingerprint density at radius 3 is 2.48 bits per heavy atom. The molecule has 0 saturated heterocycles. The second-order valence-electron chi connectivity index (χ2n) is 5.91. The SMILES string of the molecule is CON(C)C(=O)c1oc2ccccc2c1NC(=O)OC(C)(C)C. The summed E-state index contributed by atoms with van der Waals surface area (Å²) < 4.78 is 10.8. The molecule has 0 aliphatic carbocycles. The number of para-hydroxylation sites is 1. The lowest BCUT2D eigenvalue weighted by Crippen LogP contribution is -2.29. The van der Waals surface area contributed by atoms with Gasteiger partial charge in [-0.1, -0.05) is 12.1 Å². The van der Waals surface area contributed by atoms with Gasteiger partial charge in [-0.05, 0) is 32.9 Å². The van der Waals surface area contributed by atoms with Crippen LogP contribution in [-0.4, -0.2) is 36.8 Å². The number of furan rings is 1. The third kappa shape index (κ3) is 3.81. The van der Waals surface area contributed by atoms with Crippen LogP contribution in [0.1, 0.15) is 31.3 Å². The standard InChI is InChI=1S/C16H20N2O5/c1-16(2,3)23-15(20)17-12-10-8-6-7-9-11(10)22-13(12)14(19)18(4)21-5/h6-9H,1-5H3,(H,17,20). The van der Waals surface area contributed by atoms with E-state index in [1.165, 1.54) is 14.2 Å². The third-order valence-electron chi connectivity index (χ3n) is 2.98. The molecule has 1 aromatic heterocycles. The van der Waals surface area contributed by atoms with Crippen molar-refractivity contribution in [2.75, 3.05) is 19.5 Å². The maximum Gasteiger partial charge on any atom is 0.412 e. The van der Waals surface area contributed by atoms with Crippen LogP contribution in [0.25, 0.3) is 11.0 Å². The molecule has 0 aliphatic rings. The lowest BCUT2D eigenvalue weighted by molar-refractivity contribution is -0.0771. The Bertz CT molecular complexity index is 730. The van der Waals surface area contributed by atoms with Gasteiger partial charge in [0.25, 0.3) is 0 Å². The van der Waals surface area contributed by atoms with Crippen LogP contribution in [0.15, 0.2) is 28.7 Å². The van der Waals surface area contributed by atoms with E-state index in [1.54, 1.807) is 45.0 Å². The van der Waals surface area contributed by atoms with Gasteiger partial charge < -0.3 is 9.15 Å². The molecule has 0 fully saturated rings. The van der Waals surface area contributed by atoms with Gasteiger partial charge in [0.15, 0.2) is 0 Å². The highest BCUT2D eigenvalue weighted by molar-refractivity contribution is 6.09. The zero-order valence-corrected chi connectivity index (χ0v) is 13.8. The van der Waals surface area contributed by atoms with Crippen LogP contribution in [0.5, 0.6) is 0 Å². The van der Waals surface area contributed by atoms with Gasteiger partial charge >= 0.3 is 12.0 Å². The van der Waals surface area contributed by atoms with Crippen molar-refractivity contribution < 1.29 is 23.6 Å². The molecule has 2 amide bonds. The van der Waals surface area contributed by atoms with Crippen LogP contribution < -0.4 is 5.32 Å². The maximum absolute atomic E-state index is 12.3. The smallest absolute Gasteiger partial charge is 0.412 e. The Morgan fingerprint density at radius 1 is 1.22 bits per heavy atom. The highest BCUT2D eigenvalue weighted by atomic mass is 16.7. The van der Waals surface area contributed by atoms with E-state index in [0.29, 0.717) is 11.0 Å². The molecule has 2 rings (SSSR count). The van der Waals surface area contributed by atoms with Gasteiger partial charge in [-0.15, -0.1) is 0 Å². The van der Waals surface area contributed by atoms with E-state index in [2.05, 4.69) is 5.32 Å². The average Bonchev–Trinajstić information content (AvgIpc) is 2.82. The van der Waals surface area contributed by atoms with Crippen molar-refractivity contribution in [2.45, 2.75) is 26.4 Å². The molecule has 0 radical (unpaired) electrons. The van der Waals surface area contributed by atoms with Gasteiger partial charge in [0, 0.05) is 12.4 Å². The monoisotopic (exact) mass is 320 g/mol. The number of amides is 2. The summed E-state index contributed by atoms with van der Waals surface area (Å²) in [5.41, 5.74) is 0.0760. The lowest BCUT2D eigenvalue weighted by atomic mass is 10.2. The summed E-state index contributed by atoms with van der Waals surface area (Å²) in [5, 5.41) is 4.21. The Balaban J connectivity index is 2.43. The van der Waals surface area contributed by atoms with Gasteiger partial charge in [0.1, 0.15) is 16.9 Å². The maximum atomic E-state index is 12.3. The Morgan fingerprint density at radius 2 is 1.87 bits per heavy atom. The normalized spacial score (nSPS) is 11.3. The fourth-order valence-corrected chi connectivity index (χ4v) is 1.95. The van der Waals surface area contributed by atoms with Crippen molar-refractivity contribution in [1.82, 2.24) is 5.06 Å². The van der Waals surface area contributed by atoms with Crippen LogP contribution in [-0.2, 0) is 9.57 Å². The number of nitrogens with zero attached hydrogens (tertiary/aromatic N) is 1. The molecule has 0 spiro atoms. The molecular weight excluding hydrogens is 300 g/mol. The van der Waals surface area contributed by atoms with E-state index in [9.17, 15) is 9.59 Å². The number of benzene rings is 1. The van der Waals surface area contributed by atoms with Gasteiger partial charge in [-0.3, -0.25) is 14.9 Å². The molecule has 23 heavy (non-hydrogen) atoms. The third-order valence-corrected chi connectivity index (χ3v) is 2.98. The Hall–Kier alpha value is -2.54. The molecule has 0 saturated carbocycles. The number of carbonyl (C=O) groups is 2. The summed E-state index contributed by atoms with van der Waals surface area (Å²) in [6.07, 6.45) is -0.668. The molecule has 1 N–H and O–H groups in total. The van der Waals surface area contributed by atoms with Crippen molar-refractivity contribution in [2.24, 2.45) is 0 Å². The van der Waals surface area contributed by atoms with E-state index in [-0.39, 0.29) is 11.4 Å². The largest absolute Gasteiger partial charge is 0.449 e. The van der Waals surface area contributed by atoms with Crippen molar-refractivity contribution in [3.05, 3.63) is 30.0 Å². The Labute approximate surface area is 134 Å². The number of hydrogen-bond acceptors (Lipinski definition) is 5. The molecule has 124 valence electrons. The van der Waals surface area contributed by atoms with Crippen LogP contribution >= 0.6 is 0 Å². The summed E-state index contributed by atoms with van der Waals surface area (Å²) in [6.45, 7) is 5.26. The summed E-state index contributed by atoms with van der Waals surface area (Å²) in [4.78, 5) is 29.3. The number of rotatable bonds is 3. The van der Waals surface area contributed by atoms with Crippen LogP contribution in [0, 0.1) is 0 Å². The first kappa shape index (κ1) is 16.8. The highest BCUT2D eigenvalue weighted by Crippen LogP contribution is 2.32. The molecule has 0 atom stereocenters.